The number of carbonyl (C=O) groups excluding carboxylic acids is 3. The Morgan fingerprint density at radius 2 is 1.48 bits per heavy atom. The molecule has 3 aliphatic rings. The number of methoxy groups -OCH3 is 1. The predicted molar refractivity (Wildman–Crippen MR) is 166 cm³/mol. The van der Waals surface area contributed by atoms with E-state index in [2.05, 4.69) is 14.5 Å². The lowest BCUT2D eigenvalue weighted by Crippen LogP contribution is -2.61. The lowest BCUT2D eigenvalue weighted by Gasteiger charge is -2.50. The van der Waals surface area contributed by atoms with Gasteiger partial charge in [0.25, 0.3) is 17.7 Å². The fraction of sp³-hybridized carbons (Fsp3) is 0.229. The average Bonchev–Trinajstić information content (AvgIpc) is 3.65. The van der Waals surface area contributed by atoms with Gasteiger partial charge in [-0.1, -0.05) is 54.6 Å². The number of para-hydroxylation sites is 2. The highest BCUT2D eigenvalue weighted by atomic mass is 16.6. The number of amides is 3. The maximum absolute atomic E-state index is 13.9. The van der Waals surface area contributed by atoms with Crippen molar-refractivity contribution in [2.75, 3.05) is 14.2 Å². The highest BCUT2D eigenvalue weighted by molar-refractivity contribution is 6.39. The highest BCUT2D eigenvalue weighted by Gasteiger charge is 2.55. The molecule has 9 nitrogen and oxygen atoms in total. The van der Waals surface area contributed by atoms with Crippen molar-refractivity contribution >= 4 is 61.3 Å². The summed E-state index contributed by atoms with van der Waals surface area (Å²) in [7, 11) is 3.48. The third-order valence-corrected chi connectivity index (χ3v) is 9.96. The summed E-state index contributed by atoms with van der Waals surface area (Å²) in [5.74, 6) is -0.908. The topological polar surface area (TPSA) is 94.8 Å². The number of nitrogens with one attached hydrogen (secondary N) is 1. The predicted octanol–water partition coefficient (Wildman–Crippen LogP) is 5.55. The molecule has 0 aliphatic carbocycles. The fourth-order valence-corrected chi connectivity index (χ4v) is 8.25. The molecular weight excluding hydrogens is 556 g/mol. The van der Waals surface area contributed by atoms with Crippen LogP contribution in [-0.4, -0.2) is 58.1 Å². The number of likely N-dealkylation sites (N-methyl/N-ethyl adjacent to an activating group) is 1. The van der Waals surface area contributed by atoms with Crippen LogP contribution in [-0.2, 0) is 15.2 Å². The molecule has 3 amide bonds. The van der Waals surface area contributed by atoms with E-state index in [4.69, 9.17) is 9.47 Å². The van der Waals surface area contributed by atoms with Crippen molar-refractivity contribution in [3.8, 4) is 0 Å². The number of aromatic nitrogens is 2. The molecule has 2 aromatic heterocycles. The van der Waals surface area contributed by atoms with Crippen molar-refractivity contribution in [2.45, 2.75) is 37.4 Å². The summed E-state index contributed by atoms with van der Waals surface area (Å²) in [4.78, 5) is 42.7. The number of nitrogens with zero attached hydrogens (tertiary/aromatic N) is 3. The van der Waals surface area contributed by atoms with Crippen LogP contribution in [0, 0.1) is 0 Å². The maximum Gasteiger partial charge on any atom is 0.259 e. The molecule has 4 aromatic carbocycles. The van der Waals surface area contributed by atoms with Crippen LogP contribution in [0.25, 0.3) is 43.6 Å². The van der Waals surface area contributed by atoms with E-state index >= 15 is 0 Å². The van der Waals surface area contributed by atoms with Crippen LogP contribution in [0.3, 0.4) is 0 Å². The first-order valence-electron chi connectivity index (χ1n) is 14.8. The van der Waals surface area contributed by atoms with Gasteiger partial charge >= 0.3 is 0 Å². The van der Waals surface area contributed by atoms with E-state index in [1.807, 2.05) is 92.8 Å². The molecule has 44 heavy (non-hydrogen) atoms. The molecule has 6 aromatic rings. The molecular formula is C35H28N4O5. The Labute approximate surface area is 251 Å². The van der Waals surface area contributed by atoms with Gasteiger partial charge in [0, 0.05) is 47.7 Å². The van der Waals surface area contributed by atoms with Crippen LogP contribution in [0.2, 0.25) is 0 Å². The van der Waals surface area contributed by atoms with E-state index in [0.717, 1.165) is 38.2 Å². The Kier molecular flexibility index (Phi) is 4.96. The van der Waals surface area contributed by atoms with Crippen LogP contribution >= 0.6 is 0 Å². The van der Waals surface area contributed by atoms with Crippen LogP contribution in [0.5, 0.6) is 0 Å². The Hall–Kier alpha value is -4.99. The molecule has 0 unspecified atom stereocenters. The summed E-state index contributed by atoms with van der Waals surface area (Å²) in [5.41, 5.74) is 3.66. The molecule has 0 spiro atoms. The minimum absolute atomic E-state index is 0.108. The van der Waals surface area contributed by atoms with Crippen molar-refractivity contribution in [1.82, 2.24) is 19.4 Å². The maximum atomic E-state index is 13.9. The zero-order valence-corrected chi connectivity index (χ0v) is 24.3. The van der Waals surface area contributed by atoms with Crippen molar-refractivity contribution in [3.05, 3.63) is 95.6 Å². The molecule has 2 bridgehead atoms. The molecule has 218 valence electrons. The molecule has 9 heteroatoms. The number of fused-ring (bicyclic) bond motifs is 13. The first-order chi connectivity index (χ1) is 21.3. The molecule has 1 saturated heterocycles. The van der Waals surface area contributed by atoms with E-state index in [0.29, 0.717) is 28.5 Å². The molecule has 1 N–H and O–H groups in total. The van der Waals surface area contributed by atoms with Crippen molar-refractivity contribution < 1.29 is 23.9 Å². The fourth-order valence-electron chi connectivity index (χ4n) is 8.25. The Morgan fingerprint density at radius 1 is 0.886 bits per heavy atom. The third-order valence-electron chi connectivity index (χ3n) is 9.96. The van der Waals surface area contributed by atoms with Gasteiger partial charge in [-0.2, -0.15) is 0 Å². The first-order valence-corrected chi connectivity index (χ1v) is 14.8. The van der Waals surface area contributed by atoms with Gasteiger partial charge in [-0.15, -0.1) is 0 Å². The zero-order chi connectivity index (χ0) is 30.1. The highest BCUT2D eigenvalue weighted by Crippen LogP contribution is 2.54. The van der Waals surface area contributed by atoms with E-state index in [-0.39, 0.29) is 11.9 Å². The van der Waals surface area contributed by atoms with E-state index in [1.54, 1.807) is 12.0 Å². The van der Waals surface area contributed by atoms with Crippen molar-refractivity contribution in [3.63, 3.8) is 0 Å². The van der Waals surface area contributed by atoms with E-state index < -0.39 is 29.9 Å². The van der Waals surface area contributed by atoms with Gasteiger partial charge in [0.2, 0.25) is 0 Å². The number of ether oxygens (including phenoxy) is 2. The van der Waals surface area contributed by atoms with Gasteiger partial charge in [-0.25, -0.2) is 0 Å². The Balaban J connectivity index is 1.44. The lowest BCUT2D eigenvalue weighted by molar-refractivity contribution is -0.264. The van der Waals surface area contributed by atoms with Gasteiger partial charge in [0.05, 0.1) is 39.2 Å². The minimum Gasteiger partial charge on any atom is -0.374 e. The first kappa shape index (κ1) is 25.5. The summed E-state index contributed by atoms with van der Waals surface area (Å²) in [6, 6.07) is 24.7. The SMILES string of the molecule is CO[C@H]1[C@H](N(C)C(=O)c2ccccc2)C[C@@H]2O[C@]1(C)n1c3ccccc3c3c4c(c5c6ccccc6n2c5c31)C(=O)NC4=O. The summed E-state index contributed by atoms with van der Waals surface area (Å²) >= 11 is 0. The number of imide groups is 1. The third kappa shape index (κ3) is 2.93. The number of hydrogen-bond donors (Lipinski definition) is 1. The summed E-state index contributed by atoms with van der Waals surface area (Å²) in [5, 5.41) is 5.74. The molecule has 3 aliphatic heterocycles. The zero-order valence-electron chi connectivity index (χ0n) is 24.3. The molecule has 1 fully saturated rings. The Morgan fingerprint density at radius 3 is 2.16 bits per heavy atom. The molecule has 0 radical (unpaired) electrons. The number of rotatable bonds is 3. The standard InChI is InChI=1S/C35H28N4O5/c1-35-31(43-3)23(37(2)34(42)18-11-5-4-6-12-18)17-24(44-35)38-21-15-9-7-13-19(21)25-27-28(33(41)36-32(27)40)26-20-14-8-10-16-22(20)39(35)30(26)29(25)38/h4-16,23-24,31H,17H2,1-3H3,(H,36,40,41)/t23-,24+,31+,35+/m1/s1. The van der Waals surface area contributed by atoms with Crippen molar-refractivity contribution in [1.29, 1.82) is 0 Å². The molecule has 4 atom stereocenters. The van der Waals surface area contributed by atoms with Crippen LogP contribution < -0.4 is 5.32 Å². The van der Waals surface area contributed by atoms with Crippen LogP contribution in [0.1, 0.15) is 50.6 Å². The Bertz CT molecular complexity index is 2270. The lowest BCUT2D eigenvalue weighted by atomic mass is 9.91. The van der Waals surface area contributed by atoms with Gasteiger partial charge in [0.15, 0.2) is 5.72 Å². The van der Waals surface area contributed by atoms with Gasteiger partial charge in [-0.3, -0.25) is 19.7 Å². The number of hydrogen-bond acceptors (Lipinski definition) is 5. The number of carbonyl (C=O) groups is 3. The van der Waals surface area contributed by atoms with Crippen LogP contribution in [0.15, 0.2) is 78.9 Å². The second-order valence-electron chi connectivity index (χ2n) is 12.1. The normalized spacial score (nSPS) is 23.9. The molecule has 0 saturated carbocycles. The van der Waals surface area contributed by atoms with E-state index in [9.17, 15) is 14.4 Å². The summed E-state index contributed by atoms with van der Waals surface area (Å²) in [6.45, 7) is 2.01. The smallest absolute Gasteiger partial charge is 0.259 e. The van der Waals surface area contributed by atoms with Crippen molar-refractivity contribution in [2.24, 2.45) is 0 Å². The minimum atomic E-state index is -1.10. The van der Waals surface area contributed by atoms with Gasteiger partial charge < -0.3 is 23.5 Å². The largest absolute Gasteiger partial charge is 0.374 e. The summed E-state index contributed by atoms with van der Waals surface area (Å²) < 4.78 is 17.8. The van der Waals surface area contributed by atoms with Gasteiger partial charge in [-0.05, 0) is 31.2 Å². The average molecular weight is 585 g/mol. The second-order valence-corrected chi connectivity index (χ2v) is 12.1. The summed E-state index contributed by atoms with van der Waals surface area (Å²) in [6.07, 6.45) is -0.640. The molecule has 9 rings (SSSR count). The molecule has 5 heterocycles. The second kappa shape index (κ2) is 8.56. The quantitative estimate of drug-likeness (QED) is 0.276. The van der Waals surface area contributed by atoms with Gasteiger partial charge in [0.1, 0.15) is 12.3 Å². The van der Waals surface area contributed by atoms with E-state index in [1.165, 1.54) is 0 Å². The monoisotopic (exact) mass is 584 g/mol. The van der Waals surface area contributed by atoms with Crippen LogP contribution in [0.4, 0.5) is 0 Å². The number of benzene rings is 4.